The highest BCUT2D eigenvalue weighted by Crippen LogP contribution is 2.27. The quantitative estimate of drug-likeness (QED) is 0.682. The molecule has 0 aliphatic heterocycles. The monoisotopic (exact) mass is 385 g/mol. The third-order valence-electron chi connectivity index (χ3n) is 4.12. The molecule has 8 heteroatoms. The number of hydrogen-bond acceptors (Lipinski definition) is 6. The molecule has 1 aromatic carbocycles. The molecule has 0 fully saturated rings. The Morgan fingerprint density at radius 2 is 1.93 bits per heavy atom. The summed E-state index contributed by atoms with van der Waals surface area (Å²) in [6.07, 6.45) is 0. The van der Waals surface area contributed by atoms with E-state index in [4.69, 9.17) is 4.74 Å². The number of benzene rings is 1. The Labute approximate surface area is 159 Å². The van der Waals surface area contributed by atoms with Gasteiger partial charge in [-0.25, -0.2) is 9.78 Å². The lowest BCUT2D eigenvalue weighted by Crippen LogP contribution is -2.34. The summed E-state index contributed by atoms with van der Waals surface area (Å²) in [4.78, 5) is 46.2. The van der Waals surface area contributed by atoms with Crippen LogP contribution >= 0.6 is 11.3 Å². The topological polar surface area (TPSA) is 92.4 Å². The maximum atomic E-state index is 12.5. The molecule has 0 bridgehead atoms. The van der Waals surface area contributed by atoms with Gasteiger partial charge in [-0.2, -0.15) is 0 Å². The molecule has 1 N–H and O–H groups in total. The van der Waals surface area contributed by atoms with E-state index in [1.807, 2.05) is 37.3 Å². The van der Waals surface area contributed by atoms with E-state index >= 15 is 0 Å². The highest BCUT2D eigenvalue weighted by Gasteiger charge is 2.22. The van der Waals surface area contributed by atoms with Gasteiger partial charge in [0.2, 0.25) is 0 Å². The van der Waals surface area contributed by atoms with Gasteiger partial charge >= 0.3 is 5.97 Å². The molecule has 0 unspecified atom stereocenters. The number of carbonyl (C=O) groups excluding carboxylic acids is 2. The molecule has 7 nitrogen and oxygen atoms in total. The fourth-order valence-electron chi connectivity index (χ4n) is 2.83. The van der Waals surface area contributed by atoms with Gasteiger partial charge < -0.3 is 14.6 Å². The Bertz CT molecular complexity index is 1060. The second-order valence-electron chi connectivity index (χ2n) is 5.94. The molecule has 2 aromatic heterocycles. The fraction of sp³-hybridized carbons (Fsp3) is 0.263. The molecule has 27 heavy (non-hydrogen) atoms. The number of fused-ring (bicyclic) bond motifs is 1. The van der Waals surface area contributed by atoms with Crippen molar-refractivity contribution in [2.24, 2.45) is 0 Å². The molecule has 0 spiro atoms. The Balaban J connectivity index is 1.77. The number of esters is 1. The van der Waals surface area contributed by atoms with Gasteiger partial charge in [0.1, 0.15) is 15.5 Å². The van der Waals surface area contributed by atoms with Gasteiger partial charge in [-0.05, 0) is 38.5 Å². The van der Waals surface area contributed by atoms with Gasteiger partial charge in [-0.1, -0.05) is 18.2 Å². The number of anilines is 1. The number of nitrogens with one attached hydrogen (secondary N) is 1. The number of rotatable bonds is 5. The number of likely N-dealkylation sites (N-methyl/N-ethyl adjacent to an activating group) is 1. The number of carbonyl (C=O) groups is 2. The number of thiophene rings is 1. The van der Waals surface area contributed by atoms with Crippen LogP contribution in [0.1, 0.15) is 28.0 Å². The number of aryl methyl sites for hydroxylation is 2. The number of aromatic nitrogens is 2. The first-order valence-electron chi connectivity index (χ1n) is 8.45. The highest BCUT2D eigenvalue weighted by atomic mass is 32.1. The number of aromatic amines is 1. The lowest BCUT2D eigenvalue weighted by molar-refractivity contribution is -0.121. The summed E-state index contributed by atoms with van der Waals surface area (Å²) < 4.78 is 5.21. The minimum Gasteiger partial charge on any atom is -0.451 e. The van der Waals surface area contributed by atoms with Crippen LogP contribution in [0.25, 0.3) is 10.2 Å². The van der Waals surface area contributed by atoms with E-state index in [9.17, 15) is 14.4 Å². The number of amides is 1. The van der Waals surface area contributed by atoms with Crippen molar-refractivity contribution in [3.8, 4) is 0 Å². The van der Waals surface area contributed by atoms with Crippen molar-refractivity contribution in [2.75, 3.05) is 18.1 Å². The van der Waals surface area contributed by atoms with E-state index in [0.717, 1.165) is 17.0 Å². The summed E-state index contributed by atoms with van der Waals surface area (Å²) >= 11 is 1.09. The fourth-order valence-corrected chi connectivity index (χ4v) is 3.95. The van der Waals surface area contributed by atoms with Crippen LogP contribution in [0.2, 0.25) is 0 Å². The summed E-state index contributed by atoms with van der Waals surface area (Å²) in [6.45, 7) is 5.28. The van der Waals surface area contributed by atoms with Crippen molar-refractivity contribution < 1.29 is 14.3 Å². The summed E-state index contributed by atoms with van der Waals surface area (Å²) in [5.41, 5.74) is 0.963. The van der Waals surface area contributed by atoms with E-state index < -0.39 is 5.97 Å². The largest absolute Gasteiger partial charge is 0.451 e. The van der Waals surface area contributed by atoms with E-state index in [0.29, 0.717) is 28.1 Å². The average molecular weight is 385 g/mol. The SMILES string of the molecule is CCN(C(=O)COC(=O)c1sc2nc(C)[nH]c(=O)c2c1C)c1ccccc1. The third-order valence-corrected chi connectivity index (χ3v) is 5.28. The Hall–Kier alpha value is -3.00. The smallest absolute Gasteiger partial charge is 0.349 e. The van der Waals surface area contributed by atoms with Crippen molar-refractivity contribution in [1.29, 1.82) is 0 Å². The molecule has 3 aromatic rings. The van der Waals surface area contributed by atoms with Crippen molar-refractivity contribution in [2.45, 2.75) is 20.8 Å². The van der Waals surface area contributed by atoms with Gasteiger partial charge in [-0.15, -0.1) is 11.3 Å². The van der Waals surface area contributed by atoms with Gasteiger partial charge in [0.25, 0.3) is 11.5 Å². The second kappa shape index (κ2) is 7.71. The summed E-state index contributed by atoms with van der Waals surface area (Å²) in [7, 11) is 0. The maximum absolute atomic E-state index is 12.5. The highest BCUT2D eigenvalue weighted by molar-refractivity contribution is 7.20. The first-order chi connectivity index (χ1) is 12.9. The summed E-state index contributed by atoms with van der Waals surface area (Å²) in [5, 5.41) is 0.378. The molecule has 1 amide bonds. The van der Waals surface area contributed by atoms with Gasteiger partial charge in [0, 0.05) is 12.2 Å². The first kappa shape index (κ1) is 18.8. The zero-order chi connectivity index (χ0) is 19.6. The minimum absolute atomic E-state index is 0.282. The minimum atomic E-state index is -0.634. The van der Waals surface area contributed by atoms with Crippen LogP contribution in [0, 0.1) is 13.8 Å². The Morgan fingerprint density at radius 1 is 1.22 bits per heavy atom. The van der Waals surface area contributed by atoms with Crippen LogP contribution in [-0.4, -0.2) is 35.0 Å². The Morgan fingerprint density at radius 3 is 2.59 bits per heavy atom. The van der Waals surface area contributed by atoms with Gasteiger partial charge in [-0.3, -0.25) is 9.59 Å². The van der Waals surface area contributed by atoms with E-state index in [2.05, 4.69) is 9.97 Å². The molecule has 0 aliphatic rings. The number of hydrogen-bond donors (Lipinski definition) is 1. The maximum Gasteiger partial charge on any atom is 0.349 e. The number of nitrogens with zero attached hydrogens (tertiary/aromatic N) is 2. The van der Waals surface area contributed by atoms with E-state index in [1.54, 1.807) is 18.7 Å². The summed E-state index contributed by atoms with van der Waals surface area (Å²) in [5.74, 6) is -0.474. The molecule has 2 heterocycles. The average Bonchev–Trinajstić information content (AvgIpc) is 2.98. The van der Waals surface area contributed by atoms with Gasteiger partial charge in [0.15, 0.2) is 6.61 Å². The number of ether oxygens (including phenoxy) is 1. The van der Waals surface area contributed by atoms with E-state index in [-0.39, 0.29) is 23.0 Å². The first-order valence-corrected chi connectivity index (χ1v) is 9.26. The van der Waals surface area contributed by atoms with E-state index in [1.165, 1.54) is 0 Å². The molecular weight excluding hydrogens is 366 g/mol. The number of H-pyrrole nitrogens is 1. The molecule has 0 saturated carbocycles. The molecule has 0 saturated heterocycles. The molecule has 0 radical (unpaired) electrons. The standard InChI is InChI=1S/C19H19N3O4S/c1-4-22(13-8-6-5-7-9-13)14(23)10-26-19(25)16-11(2)15-17(24)20-12(3)21-18(15)27-16/h5-9H,4,10H2,1-3H3,(H,20,21,24). The van der Waals surface area contributed by atoms with Crippen molar-refractivity contribution in [3.05, 3.63) is 57.0 Å². The second-order valence-corrected chi connectivity index (χ2v) is 6.94. The van der Waals surface area contributed by atoms with Crippen LogP contribution in [0.3, 0.4) is 0 Å². The normalized spacial score (nSPS) is 10.8. The van der Waals surface area contributed by atoms with Gasteiger partial charge in [0.05, 0.1) is 5.39 Å². The lowest BCUT2D eigenvalue weighted by Gasteiger charge is -2.20. The lowest BCUT2D eigenvalue weighted by atomic mass is 10.2. The van der Waals surface area contributed by atoms with Crippen molar-refractivity contribution in [1.82, 2.24) is 9.97 Å². The third kappa shape index (κ3) is 3.75. The molecular formula is C19H19N3O4S. The zero-order valence-corrected chi connectivity index (χ0v) is 16.1. The van der Waals surface area contributed by atoms with Crippen LogP contribution in [0.15, 0.2) is 35.1 Å². The Kier molecular flexibility index (Phi) is 5.36. The molecule has 0 aliphatic carbocycles. The number of para-hydroxylation sites is 1. The van der Waals surface area contributed by atoms with Crippen LogP contribution < -0.4 is 10.5 Å². The molecule has 0 atom stereocenters. The zero-order valence-electron chi connectivity index (χ0n) is 15.2. The summed E-state index contributed by atoms with van der Waals surface area (Å²) in [6, 6.07) is 9.18. The predicted molar refractivity (Wildman–Crippen MR) is 104 cm³/mol. The van der Waals surface area contributed by atoms with Crippen LogP contribution in [0.4, 0.5) is 5.69 Å². The van der Waals surface area contributed by atoms with Crippen molar-refractivity contribution >= 4 is 39.1 Å². The predicted octanol–water partition coefficient (Wildman–Crippen LogP) is 2.81. The van der Waals surface area contributed by atoms with Crippen LogP contribution in [0.5, 0.6) is 0 Å². The van der Waals surface area contributed by atoms with Crippen LogP contribution in [-0.2, 0) is 9.53 Å². The molecule has 3 rings (SSSR count). The van der Waals surface area contributed by atoms with Crippen molar-refractivity contribution in [3.63, 3.8) is 0 Å². The molecule has 140 valence electrons.